The van der Waals surface area contributed by atoms with Gasteiger partial charge in [0.25, 0.3) is 0 Å². The van der Waals surface area contributed by atoms with Gasteiger partial charge in [-0.2, -0.15) is 5.26 Å². The maximum absolute atomic E-state index is 12.5. The van der Waals surface area contributed by atoms with Crippen molar-refractivity contribution < 1.29 is 9.53 Å². The molecule has 2 N–H and O–H groups in total. The second kappa shape index (κ2) is 6.93. The molecule has 5 heteroatoms. The van der Waals surface area contributed by atoms with Crippen molar-refractivity contribution in [2.24, 2.45) is 5.41 Å². The third kappa shape index (κ3) is 3.40. The minimum atomic E-state index is -0.384. The molecule has 26 heavy (non-hydrogen) atoms. The molecule has 1 aliphatic rings. The number of amides is 2. The van der Waals surface area contributed by atoms with Crippen molar-refractivity contribution in [1.82, 2.24) is 5.32 Å². The Balaban J connectivity index is 1.89. The lowest BCUT2D eigenvalue weighted by Crippen LogP contribution is -2.34. The Kier molecular flexibility index (Phi) is 4.68. The minimum Gasteiger partial charge on any atom is -0.497 e. The van der Waals surface area contributed by atoms with E-state index in [0.29, 0.717) is 22.7 Å². The Labute approximate surface area is 153 Å². The Morgan fingerprint density at radius 1 is 1.12 bits per heavy atom. The summed E-state index contributed by atoms with van der Waals surface area (Å²) < 4.78 is 5.11. The molecule has 2 aromatic rings. The molecular formula is C21H21N3O2. The first kappa shape index (κ1) is 17.6. The van der Waals surface area contributed by atoms with Crippen LogP contribution in [0.25, 0.3) is 5.70 Å². The largest absolute Gasteiger partial charge is 0.497 e. The van der Waals surface area contributed by atoms with E-state index in [9.17, 15) is 10.1 Å². The van der Waals surface area contributed by atoms with Crippen molar-refractivity contribution in [3.8, 4) is 11.8 Å². The van der Waals surface area contributed by atoms with Crippen LogP contribution in [0.3, 0.4) is 0 Å². The summed E-state index contributed by atoms with van der Waals surface area (Å²) in [7, 11) is 1.59. The van der Waals surface area contributed by atoms with E-state index in [1.807, 2.05) is 38.1 Å². The highest BCUT2D eigenvalue weighted by molar-refractivity contribution is 5.97. The predicted octanol–water partition coefficient (Wildman–Crippen LogP) is 4.33. The summed E-state index contributed by atoms with van der Waals surface area (Å²) in [6.07, 6.45) is 0.761. The number of nitriles is 1. The lowest BCUT2D eigenvalue weighted by atomic mass is 9.72. The summed E-state index contributed by atoms with van der Waals surface area (Å²) >= 11 is 0. The zero-order chi connectivity index (χ0) is 18.7. The first-order valence-corrected chi connectivity index (χ1v) is 8.40. The van der Waals surface area contributed by atoms with Crippen LogP contribution in [0.5, 0.6) is 5.75 Å². The maximum Gasteiger partial charge on any atom is 0.323 e. The molecule has 2 amide bonds. The fourth-order valence-corrected chi connectivity index (χ4v) is 3.24. The van der Waals surface area contributed by atoms with Gasteiger partial charge in [0.2, 0.25) is 0 Å². The number of anilines is 1. The van der Waals surface area contributed by atoms with Crippen LogP contribution in [0.15, 0.2) is 54.1 Å². The number of urea groups is 1. The third-order valence-corrected chi connectivity index (χ3v) is 4.54. The number of hydrogen-bond acceptors (Lipinski definition) is 3. The minimum absolute atomic E-state index is 0.341. The van der Waals surface area contributed by atoms with Gasteiger partial charge in [0.1, 0.15) is 5.75 Å². The van der Waals surface area contributed by atoms with Crippen molar-refractivity contribution in [1.29, 1.82) is 5.26 Å². The summed E-state index contributed by atoms with van der Waals surface area (Å²) in [6, 6.07) is 16.8. The monoisotopic (exact) mass is 347 g/mol. The number of carbonyl (C=O) groups is 1. The highest BCUT2D eigenvalue weighted by Gasteiger charge is 2.34. The van der Waals surface area contributed by atoms with Crippen LogP contribution in [-0.4, -0.2) is 13.1 Å². The number of benzene rings is 2. The fourth-order valence-electron chi connectivity index (χ4n) is 3.24. The van der Waals surface area contributed by atoms with Crippen molar-refractivity contribution in [3.05, 3.63) is 65.2 Å². The van der Waals surface area contributed by atoms with Crippen LogP contribution >= 0.6 is 0 Å². The van der Waals surface area contributed by atoms with Crippen molar-refractivity contribution >= 4 is 17.4 Å². The number of fused-ring (bicyclic) bond motifs is 1. The van der Waals surface area contributed by atoms with Crippen molar-refractivity contribution in [2.45, 2.75) is 20.3 Å². The lowest BCUT2D eigenvalue weighted by molar-refractivity contribution is 0.255. The van der Waals surface area contributed by atoms with E-state index in [-0.39, 0.29) is 11.4 Å². The molecule has 0 unspecified atom stereocenters. The van der Waals surface area contributed by atoms with Gasteiger partial charge in [-0.3, -0.25) is 0 Å². The van der Waals surface area contributed by atoms with Gasteiger partial charge in [0.05, 0.1) is 24.4 Å². The van der Waals surface area contributed by atoms with Crippen LogP contribution in [0.2, 0.25) is 0 Å². The summed E-state index contributed by atoms with van der Waals surface area (Å²) in [4.78, 5) is 12.5. The molecular weight excluding hydrogens is 326 g/mol. The molecule has 0 atom stereocenters. The molecule has 1 aliphatic carbocycles. The third-order valence-electron chi connectivity index (χ3n) is 4.54. The Hall–Kier alpha value is -3.26. The van der Waals surface area contributed by atoms with E-state index >= 15 is 0 Å². The van der Waals surface area contributed by atoms with E-state index in [4.69, 9.17) is 4.74 Å². The van der Waals surface area contributed by atoms with Crippen LogP contribution in [0, 0.1) is 16.7 Å². The molecule has 0 saturated carbocycles. The van der Waals surface area contributed by atoms with E-state index in [2.05, 4.69) is 16.7 Å². The molecule has 0 aromatic heterocycles. The van der Waals surface area contributed by atoms with E-state index in [0.717, 1.165) is 17.5 Å². The molecule has 3 rings (SSSR count). The number of ether oxygens (including phenoxy) is 1. The predicted molar refractivity (Wildman–Crippen MR) is 102 cm³/mol. The number of carbonyl (C=O) groups excluding carboxylic acids is 1. The zero-order valence-corrected chi connectivity index (χ0v) is 15.1. The molecule has 132 valence electrons. The molecule has 0 heterocycles. The van der Waals surface area contributed by atoms with E-state index in [1.165, 1.54) is 0 Å². The van der Waals surface area contributed by atoms with Gasteiger partial charge in [-0.05, 0) is 36.2 Å². The Bertz CT molecular complexity index is 906. The average molecular weight is 347 g/mol. The molecule has 2 aromatic carbocycles. The highest BCUT2D eigenvalue weighted by atomic mass is 16.5. The number of hydrogen-bond donors (Lipinski definition) is 2. The Morgan fingerprint density at radius 3 is 2.46 bits per heavy atom. The fraction of sp³-hybridized carbons (Fsp3) is 0.238. The van der Waals surface area contributed by atoms with Crippen LogP contribution in [0.1, 0.15) is 25.0 Å². The van der Waals surface area contributed by atoms with Gasteiger partial charge in [-0.15, -0.1) is 0 Å². The van der Waals surface area contributed by atoms with Crippen LogP contribution in [0.4, 0.5) is 10.5 Å². The van der Waals surface area contributed by atoms with E-state index < -0.39 is 0 Å². The summed E-state index contributed by atoms with van der Waals surface area (Å²) in [5.41, 5.74) is 3.48. The summed E-state index contributed by atoms with van der Waals surface area (Å²) in [5.74, 6) is 0.716. The SMILES string of the molecule is COc1ccc(NC(=O)NC2=C(C#N)C(C)(C)Cc3ccccc32)cc1. The van der Waals surface area contributed by atoms with Gasteiger partial charge >= 0.3 is 6.03 Å². The van der Waals surface area contributed by atoms with Gasteiger partial charge in [0, 0.05) is 16.7 Å². The number of nitrogens with one attached hydrogen (secondary N) is 2. The standard InChI is InChI=1S/C21H21N3O2/c1-21(2)12-14-6-4-5-7-17(14)19(18(21)13-22)24-20(25)23-15-8-10-16(26-3)11-9-15/h4-11H,12H2,1-3H3,(H2,23,24,25). The molecule has 0 spiro atoms. The van der Waals surface area contributed by atoms with Gasteiger partial charge in [-0.1, -0.05) is 38.1 Å². The van der Waals surface area contributed by atoms with E-state index in [1.54, 1.807) is 31.4 Å². The van der Waals surface area contributed by atoms with Crippen molar-refractivity contribution in [2.75, 3.05) is 12.4 Å². The molecule has 0 bridgehead atoms. The van der Waals surface area contributed by atoms with Gasteiger partial charge in [0.15, 0.2) is 0 Å². The molecule has 0 aliphatic heterocycles. The van der Waals surface area contributed by atoms with Crippen molar-refractivity contribution in [3.63, 3.8) is 0 Å². The number of allylic oxidation sites excluding steroid dienone is 1. The molecule has 0 saturated heterocycles. The maximum atomic E-state index is 12.5. The second-order valence-electron chi connectivity index (χ2n) is 6.89. The van der Waals surface area contributed by atoms with Gasteiger partial charge < -0.3 is 15.4 Å². The normalized spacial score (nSPS) is 14.8. The number of nitrogens with zero attached hydrogens (tertiary/aromatic N) is 1. The smallest absolute Gasteiger partial charge is 0.323 e. The highest BCUT2D eigenvalue weighted by Crippen LogP contribution is 2.41. The zero-order valence-electron chi connectivity index (χ0n) is 15.1. The topological polar surface area (TPSA) is 74.2 Å². The number of methoxy groups -OCH3 is 1. The quantitative estimate of drug-likeness (QED) is 0.867. The summed E-state index contributed by atoms with van der Waals surface area (Å²) in [5, 5.41) is 15.4. The first-order valence-electron chi connectivity index (χ1n) is 8.40. The molecule has 0 fully saturated rings. The first-order chi connectivity index (χ1) is 12.4. The lowest BCUT2D eigenvalue weighted by Gasteiger charge is -2.33. The second-order valence-corrected chi connectivity index (χ2v) is 6.89. The number of rotatable bonds is 3. The molecule has 5 nitrogen and oxygen atoms in total. The average Bonchev–Trinajstić information content (AvgIpc) is 2.61. The summed E-state index contributed by atoms with van der Waals surface area (Å²) in [6.45, 7) is 4.04. The van der Waals surface area contributed by atoms with Crippen LogP contribution in [-0.2, 0) is 6.42 Å². The molecule has 0 radical (unpaired) electrons. The van der Waals surface area contributed by atoms with Gasteiger partial charge in [-0.25, -0.2) is 4.79 Å². The Morgan fingerprint density at radius 2 is 1.81 bits per heavy atom. The van der Waals surface area contributed by atoms with Crippen LogP contribution < -0.4 is 15.4 Å².